The largest absolute Gasteiger partial charge is 0.492 e. The highest BCUT2D eigenvalue weighted by atomic mass is 19.4. The van der Waals surface area contributed by atoms with Gasteiger partial charge in [0, 0.05) is 25.9 Å². The molecule has 4 rings (SSSR count). The number of carboxylic acids is 1. The van der Waals surface area contributed by atoms with Crippen molar-refractivity contribution < 1.29 is 37.4 Å². The zero-order chi connectivity index (χ0) is 27.3. The average Bonchev–Trinajstić information content (AvgIpc) is 3.38. The molecule has 0 saturated heterocycles. The Hall–Kier alpha value is -4.35. The zero-order valence-corrected chi connectivity index (χ0v) is 20.2. The van der Waals surface area contributed by atoms with Crippen LogP contribution in [0.4, 0.5) is 18.9 Å². The van der Waals surface area contributed by atoms with Crippen molar-refractivity contribution in [2.45, 2.75) is 19.5 Å². The Morgan fingerprint density at radius 1 is 1.14 bits per heavy atom. The van der Waals surface area contributed by atoms with Gasteiger partial charge in [0.2, 0.25) is 5.91 Å². The maximum atomic E-state index is 13.0. The number of H-pyrrole nitrogens is 1. The van der Waals surface area contributed by atoms with Gasteiger partial charge in [-0.05, 0) is 42.7 Å². The van der Waals surface area contributed by atoms with E-state index in [1.165, 1.54) is 4.90 Å². The Morgan fingerprint density at radius 3 is 2.43 bits per heavy atom. The molecule has 37 heavy (non-hydrogen) atoms. The summed E-state index contributed by atoms with van der Waals surface area (Å²) in [4.78, 5) is 36.2. The van der Waals surface area contributed by atoms with Crippen molar-refractivity contribution in [1.82, 2.24) is 15.1 Å². The molecule has 1 aliphatic heterocycles. The molecule has 1 aromatic heterocycles. The van der Waals surface area contributed by atoms with Crippen molar-refractivity contribution in [2.24, 2.45) is 5.92 Å². The van der Waals surface area contributed by atoms with Crippen LogP contribution in [0.25, 0.3) is 11.1 Å². The summed E-state index contributed by atoms with van der Waals surface area (Å²) in [5.41, 5.74) is 4.79. The van der Waals surface area contributed by atoms with Crippen LogP contribution < -0.4 is 10.1 Å². The Morgan fingerprint density at radius 2 is 1.84 bits per heavy atom. The Kier molecular flexibility index (Phi) is 8.21. The van der Waals surface area contributed by atoms with E-state index in [2.05, 4.69) is 21.6 Å². The van der Waals surface area contributed by atoms with Gasteiger partial charge in [-0.1, -0.05) is 23.8 Å². The maximum Gasteiger partial charge on any atom is 0.490 e. The number of amides is 2. The van der Waals surface area contributed by atoms with Gasteiger partial charge < -0.3 is 20.1 Å². The number of aryl methyl sites for hydroxylation is 1. The van der Waals surface area contributed by atoms with Crippen molar-refractivity contribution in [2.75, 3.05) is 26.0 Å². The molecule has 0 radical (unpaired) electrons. The summed E-state index contributed by atoms with van der Waals surface area (Å²) >= 11 is 0. The molecule has 2 amide bonds. The number of fused-ring (bicyclic) bond motifs is 1. The van der Waals surface area contributed by atoms with Gasteiger partial charge in [-0.25, -0.2) is 4.79 Å². The molecule has 12 heteroatoms. The Labute approximate surface area is 210 Å². The smallest absolute Gasteiger partial charge is 0.490 e. The minimum atomic E-state index is -5.08. The molecule has 1 atom stereocenters. The topological polar surface area (TPSA) is 125 Å². The maximum absolute atomic E-state index is 13.0. The van der Waals surface area contributed by atoms with Crippen molar-refractivity contribution in [3.05, 3.63) is 65.5 Å². The number of nitrogens with one attached hydrogen (secondary N) is 2. The third kappa shape index (κ3) is 6.87. The van der Waals surface area contributed by atoms with Gasteiger partial charge in [0.25, 0.3) is 5.91 Å². The summed E-state index contributed by atoms with van der Waals surface area (Å²) in [6.45, 7) is 2.33. The number of rotatable bonds is 4. The number of halogens is 3. The fraction of sp³-hybridized carbons (Fsp3) is 0.280. The van der Waals surface area contributed by atoms with E-state index in [4.69, 9.17) is 14.6 Å². The van der Waals surface area contributed by atoms with Gasteiger partial charge in [0.1, 0.15) is 12.4 Å². The number of carbonyl (C=O) groups excluding carboxylic acids is 2. The van der Waals surface area contributed by atoms with Gasteiger partial charge in [-0.3, -0.25) is 14.7 Å². The van der Waals surface area contributed by atoms with Crippen LogP contribution in [-0.4, -0.2) is 64.9 Å². The quantitative estimate of drug-likeness (QED) is 0.481. The number of anilines is 1. The second-order valence-electron chi connectivity index (χ2n) is 8.56. The second kappa shape index (κ2) is 11.1. The summed E-state index contributed by atoms with van der Waals surface area (Å²) in [5.74, 6) is -2.59. The summed E-state index contributed by atoms with van der Waals surface area (Å²) in [5, 5.41) is 16.8. The lowest BCUT2D eigenvalue weighted by molar-refractivity contribution is -0.192. The fourth-order valence-corrected chi connectivity index (χ4v) is 3.59. The first kappa shape index (κ1) is 27.2. The van der Waals surface area contributed by atoms with Crippen molar-refractivity contribution in [3.8, 4) is 16.9 Å². The third-order valence-corrected chi connectivity index (χ3v) is 5.48. The molecule has 1 aliphatic rings. The summed E-state index contributed by atoms with van der Waals surface area (Å²) in [6.07, 6.45) is -1.03. The number of hydrogen-bond acceptors (Lipinski definition) is 5. The molecule has 0 aliphatic carbocycles. The van der Waals surface area contributed by atoms with Crippen LogP contribution in [0.1, 0.15) is 21.5 Å². The van der Waals surface area contributed by atoms with Crippen LogP contribution in [0.2, 0.25) is 0 Å². The van der Waals surface area contributed by atoms with E-state index >= 15 is 0 Å². The normalized spacial score (nSPS) is 14.4. The van der Waals surface area contributed by atoms with E-state index < -0.39 is 12.1 Å². The lowest BCUT2D eigenvalue weighted by atomic mass is 9.94. The monoisotopic (exact) mass is 518 g/mol. The number of alkyl halides is 3. The first-order valence-corrected chi connectivity index (χ1v) is 11.0. The first-order chi connectivity index (χ1) is 17.4. The van der Waals surface area contributed by atoms with E-state index in [1.807, 2.05) is 25.1 Å². The van der Waals surface area contributed by atoms with E-state index in [9.17, 15) is 22.8 Å². The van der Waals surface area contributed by atoms with Gasteiger partial charge in [0.05, 0.1) is 23.4 Å². The first-order valence-electron chi connectivity index (χ1n) is 11.0. The third-order valence-electron chi connectivity index (χ3n) is 5.48. The Bertz CT molecular complexity index is 1290. The predicted octanol–water partition coefficient (Wildman–Crippen LogP) is 3.91. The molecular weight excluding hydrogens is 493 g/mol. The minimum Gasteiger partial charge on any atom is -0.492 e. The van der Waals surface area contributed by atoms with Gasteiger partial charge in [0.15, 0.2) is 0 Å². The van der Waals surface area contributed by atoms with Crippen molar-refractivity contribution in [1.29, 1.82) is 0 Å². The highest BCUT2D eigenvalue weighted by Crippen LogP contribution is 2.30. The number of aromatic nitrogens is 2. The number of aliphatic carboxylic acids is 1. The molecule has 1 unspecified atom stereocenters. The summed E-state index contributed by atoms with van der Waals surface area (Å²) in [6, 6.07) is 11.4. The molecule has 196 valence electrons. The molecule has 2 heterocycles. The van der Waals surface area contributed by atoms with E-state index in [0.717, 1.165) is 28.0 Å². The SMILES string of the molecule is Cc1ccc2c(c1)CC(C(=O)Nc1ccc(-c3cn[nH]c3)cc1C(=O)N(C)C)CO2.O=C(O)C(F)(F)F. The zero-order valence-electron chi connectivity index (χ0n) is 20.2. The lowest BCUT2D eigenvalue weighted by Crippen LogP contribution is -2.33. The number of aromatic amines is 1. The standard InChI is InChI=1S/C23H24N4O3.C2HF3O2/c1-14-4-7-21-16(8-14)9-17(13-30-21)22(28)26-20-6-5-15(18-11-24-25-12-18)10-19(20)23(29)27(2)3;3-2(4,5)1(6)7/h4-8,10-12,17H,9,13H2,1-3H3,(H,24,25)(H,26,28);(H,6,7). The van der Waals surface area contributed by atoms with Crippen molar-refractivity contribution >= 4 is 23.5 Å². The summed E-state index contributed by atoms with van der Waals surface area (Å²) < 4.78 is 37.5. The predicted molar refractivity (Wildman–Crippen MR) is 128 cm³/mol. The van der Waals surface area contributed by atoms with E-state index in [-0.39, 0.29) is 17.7 Å². The fourth-order valence-electron chi connectivity index (χ4n) is 3.59. The lowest BCUT2D eigenvalue weighted by Gasteiger charge is -2.25. The number of nitrogens with zero attached hydrogens (tertiary/aromatic N) is 2. The molecule has 2 aromatic carbocycles. The molecule has 0 bridgehead atoms. The van der Waals surface area contributed by atoms with Crippen LogP contribution >= 0.6 is 0 Å². The molecule has 3 aromatic rings. The van der Waals surface area contributed by atoms with Crippen LogP contribution in [0.15, 0.2) is 48.8 Å². The number of carbonyl (C=O) groups is 3. The highest BCUT2D eigenvalue weighted by molar-refractivity contribution is 6.05. The van der Waals surface area contributed by atoms with Gasteiger partial charge in [-0.2, -0.15) is 18.3 Å². The van der Waals surface area contributed by atoms with E-state index in [0.29, 0.717) is 24.3 Å². The van der Waals surface area contributed by atoms with Crippen LogP contribution in [0.3, 0.4) is 0 Å². The number of benzene rings is 2. The molecule has 0 saturated carbocycles. The van der Waals surface area contributed by atoms with E-state index in [1.54, 1.807) is 38.6 Å². The van der Waals surface area contributed by atoms with Crippen LogP contribution in [0, 0.1) is 12.8 Å². The molecular formula is C25H25F3N4O5. The second-order valence-corrected chi connectivity index (χ2v) is 8.56. The Balaban J connectivity index is 0.000000479. The highest BCUT2D eigenvalue weighted by Gasteiger charge is 2.38. The average molecular weight is 518 g/mol. The van der Waals surface area contributed by atoms with Gasteiger partial charge >= 0.3 is 12.1 Å². The molecule has 0 fully saturated rings. The minimum absolute atomic E-state index is 0.161. The van der Waals surface area contributed by atoms with Gasteiger partial charge in [-0.15, -0.1) is 0 Å². The molecule has 0 spiro atoms. The van der Waals surface area contributed by atoms with Crippen LogP contribution in [0.5, 0.6) is 5.75 Å². The van der Waals surface area contributed by atoms with Crippen molar-refractivity contribution in [3.63, 3.8) is 0 Å². The number of carboxylic acid groups (broad SMARTS) is 1. The summed E-state index contributed by atoms with van der Waals surface area (Å²) in [7, 11) is 3.37. The number of hydrogen-bond donors (Lipinski definition) is 3. The molecule has 9 nitrogen and oxygen atoms in total. The molecule has 3 N–H and O–H groups in total. The number of ether oxygens (including phenoxy) is 1. The van der Waals surface area contributed by atoms with Crippen LogP contribution in [-0.2, 0) is 16.0 Å².